The van der Waals surface area contributed by atoms with Crippen LogP contribution < -0.4 is 14.8 Å². The van der Waals surface area contributed by atoms with E-state index in [1.165, 1.54) is 24.3 Å². The van der Waals surface area contributed by atoms with Crippen LogP contribution in [-0.4, -0.2) is 24.4 Å². The third-order valence-electron chi connectivity index (χ3n) is 4.16. The number of benzene rings is 2. The molecule has 7 heteroatoms. The van der Waals surface area contributed by atoms with Gasteiger partial charge in [0.15, 0.2) is 0 Å². The minimum atomic E-state index is -2.48. The van der Waals surface area contributed by atoms with Gasteiger partial charge in [-0.25, -0.2) is 0 Å². The van der Waals surface area contributed by atoms with Crippen molar-refractivity contribution in [3.05, 3.63) is 53.1 Å². The van der Waals surface area contributed by atoms with Crippen LogP contribution in [0.1, 0.15) is 35.3 Å². The average molecular weight is 393 g/mol. The van der Waals surface area contributed by atoms with Crippen LogP contribution in [-0.2, 0) is 13.0 Å². The molecule has 2 aromatic rings. The summed E-state index contributed by atoms with van der Waals surface area (Å²) >= 11 is 0.452. The van der Waals surface area contributed by atoms with Gasteiger partial charge >= 0.3 is 0 Å². The van der Waals surface area contributed by atoms with Crippen LogP contribution in [0.4, 0.5) is 8.78 Å². The summed E-state index contributed by atoms with van der Waals surface area (Å²) in [4.78, 5) is 12.8. The molecule has 0 aliphatic carbocycles. The van der Waals surface area contributed by atoms with Crippen molar-refractivity contribution in [2.45, 2.75) is 43.6 Å². The minimum absolute atomic E-state index is 0.129. The van der Waals surface area contributed by atoms with Crippen molar-refractivity contribution in [2.24, 2.45) is 0 Å². The van der Waals surface area contributed by atoms with Gasteiger partial charge < -0.3 is 14.8 Å². The molecular weight excluding hydrogens is 372 g/mol. The lowest BCUT2D eigenvalue weighted by Gasteiger charge is -2.13. The summed E-state index contributed by atoms with van der Waals surface area (Å²) in [5, 5.41) is 2.85. The van der Waals surface area contributed by atoms with Gasteiger partial charge in [0, 0.05) is 34.6 Å². The second kappa shape index (κ2) is 8.61. The summed E-state index contributed by atoms with van der Waals surface area (Å²) in [6.45, 7) is 4.73. The van der Waals surface area contributed by atoms with E-state index >= 15 is 0 Å². The molecule has 1 amide bonds. The molecule has 0 radical (unpaired) electrons. The van der Waals surface area contributed by atoms with Crippen LogP contribution in [0.25, 0.3) is 0 Å². The SMILES string of the molecule is CCOc1cc2c(cc1CNC(=O)c1ccc(SC(F)F)cc1)OC(C)C2. The number of rotatable bonds is 7. The molecule has 1 heterocycles. The molecule has 1 aliphatic heterocycles. The van der Waals surface area contributed by atoms with Crippen LogP contribution in [0.2, 0.25) is 0 Å². The minimum Gasteiger partial charge on any atom is -0.494 e. The maximum absolute atomic E-state index is 12.4. The van der Waals surface area contributed by atoms with E-state index in [0.29, 0.717) is 28.8 Å². The molecule has 27 heavy (non-hydrogen) atoms. The van der Waals surface area contributed by atoms with Crippen molar-refractivity contribution in [3.8, 4) is 11.5 Å². The fraction of sp³-hybridized carbons (Fsp3) is 0.350. The van der Waals surface area contributed by atoms with E-state index in [2.05, 4.69) is 5.32 Å². The number of ether oxygens (including phenoxy) is 2. The average Bonchev–Trinajstić information content (AvgIpc) is 2.98. The van der Waals surface area contributed by atoms with Crippen molar-refractivity contribution in [1.29, 1.82) is 0 Å². The topological polar surface area (TPSA) is 47.6 Å². The normalized spacial score (nSPS) is 15.4. The Morgan fingerprint density at radius 3 is 2.74 bits per heavy atom. The van der Waals surface area contributed by atoms with E-state index in [9.17, 15) is 13.6 Å². The first-order valence-corrected chi connectivity index (χ1v) is 9.62. The lowest BCUT2D eigenvalue weighted by atomic mass is 10.1. The van der Waals surface area contributed by atoms with E-state index in [1.807, 2.05) is 26.0 Å². The second-order valence-electron chi connectivity index (χ2n) is 6.22. The van der Waals surface area contributed by atoms with Crippen LogP contribution in [0, 0.1) is 0 Å². The molecule has 144 valence electrons. The molecule has 0 saturated heterocycles. The van der Waals surface area contributed by atoms with Crippen molar-refractivity contribution < 1.29 is 23.0 Å². The molecule has 0 bridgehead atoms. The monoisotopic (exact) mass is 393 g/mol. The van der Waals surface area contributed by atoms with Gasteiger partial charge in [-0.2, -0.15) is 8.78 Å². The largest absolute Gasteiger partial charge is 0.494 e. The Bertz CT molecular complexity index is 812. The Kier molecular flexibility index (Phi) is 6.21. The molecule has 0 fully saturated rings. The van der Waals surface area contributed by atoms with Gasteiger partial charge in [-0.15, -0.1) is 0 Å². The maximum Gasteiger partial charge on any atom is 0.288 e. The Balaban J connectivity index is 1.68. The van der Waals surface area contributed by atoms with Gasteiger partial charge in [0.1, 0.15) is 17.6 Å². The standard InChI is InChI=1S/C20H21F2NO3S/c1-3-25-17-9-14-8-12(2)26-18(14)10-15(17)11-23-19(24)13-4-6-16(7-5-13)27-20(21)22/h4-7,9-10,12,20H,3,8,11H2,1-2H3,(H,23,24). The maximum atomic E-state index is 12.4. The van der Waals surface area contributed by atoms with Crippen molar-refractivity contribution in [2.75, 3.05) is 6.61 Å². The number of halogens is 2. The fourth-order valence-corrected chi connectivity index (χ4v) is 3.47. The molecule has 0 spiro atoms. The van der Waals surface area contributed by atoms with Gasteiger partial charge in [0.2, 0.25) is 0 Å². The summed E-state index contributed by atoms with van der Waals surface area (Å²) in [5.41, 5.74) is 2.36. The number of hydrogen-bond donors (Lipinski definition) is 1. The first kappa shape index (κ1) is 19.5. The highest BCUT2D eigenvalue weighted by atomic mass is 32.2. The Hall–Kier alpha value is -2.28. The van der Waals surface area contributed by atoms with Crippen molar-refractivity contribution in [1.82, 2.24) is 5.32 Å². The van der Waals surface area contributed by atoms with Crippen LogP contribution >= 0.6 is 11.8 Å². The lowest BCUT2D eigenvalue weighted by Crippen LogP contribution is -2.23. The van der Waals surface area contributed by atoms with E-state index in [0.717, 1.165) is 29.0 Å². The van der Waals surface area contributed by atoms with Crippen LogP contribution in [0.3, 0.4) is 0 Å². The zero-order valence-corrected chi connectivity index (χ0v) is 15.9. The number of nitrogens with one attached hydrogen (secondary N) is 1. The molecule has 2 aromatic carbocycles. The molecule has 0 aromatic heterocycles. The lowest BCUT2D eigenvalue weighted by molar-refractivity contribution is 0.0950. The Morgan fingerprint density at radius 2 is 2.07 bits per heavy atom. The third-order valence-corrected chi connectivity index (χ3v) is 4.88. The third kappa shape index (κ3) is 4.91. The van der Waals surface area contributed by atoms with Crippen LogP contribution in [0.15, 0.2) is 41.3 Å². The summed E-state index contributed by atoms with van der Waals surface area (Å²) in [5.74, 6) is -1.20. The van der Waals surface area contributed by atoms with Crippen molar-refractivity contribution in [3.63, 3.8) is 0 Å². The van der Waals surface area contributed by atoms with E-state index in [-0.39, 0.29) is 18.6 Å². The number of carbonyl (C=O) groups excluding carboxylic acids is 1. The van der Waals surface area contributed by atoms with Gasteiger partial charge in [-0.3, -0.25) is 4.79 Å². The fourth-order valence-electron chi connectivity index (χ4n) is 2.97. The highest BCUT2D eigenvalue weighted by Crippen LogP contribution is 2.35. The number of hydrogen-bond acceptors (Lipinski definition) is 4. The van der Waals surface area contributed by atoms with Gasteiger partial charge in [-0.05, 0) is 50.2 Å². The predicted octanol–water partition coefficient (Wildman–Crippen LogP) is 4.65. The predicted molar refractivity (Wildman–Crippen MR) is 101 cm³/mol. The summed E-state index contributed by atoms with van der Waals surface area (Å²) < 4.78 is 36.2. The first-order chi connectivity index (χ1) is 13.0. The molecule has 1 atom stereocenters. The summed E-state index contributed by atoms with van der Waals surface area (Å²) in [6, 6.07) is 9.99. The molecule has 1 unspecified atom stereocenters. The Morgan fingerprint density at radius 1 is 1.33 bits per heavy atom. The molecule has 4 nitrogen and oxygen atoms in total. The molecule has 1 N–H and O–H groups in total. The van der Waals surface area contributed by atoms with E-state index in [4.69, 9.17) is 9.47 Å². The molecule has 1 aliphatic rings. The molecule has 0 saturated carbocycles. The number of amides is 1. The molecular formula is C20H21F2NO3S. The Labute approximate surface area is 161 Å². The second-order valence-corrected chi connectivity index (χ2v) is 7.28. The summed E-state index contributed by atoms with van der Waals surface area (Å²) in [6.07, 6.45) is 0.967. The quantitative estimate of drug-likeness (QED) is 0.696. The zero-order chi connectivity index (χ0) is 19.4. The number of fused-ring (bicyclic) bond motifs is 1. The molecule has 3 rings (SSSR count). The number of carbonyl (C=O) groups is 1. The van der Waals surface area contributed by atoms with Crippen molar-refractivity contribution >= 4 is 17.7 Å². The smallest absolute Gasteiger partial charge is 0.288 e. The van der Waals surface area contributed by atoms with Gasteiger partial charge in [0.25, 0.3) is 11.7 Å². The van der Waals surface area contributed by atoms with Crippen LogP contribution in [0.5, 0.6) is 11.5 Å². The highest BCUT2D eigenvalue weighted by molar-refractivity contribution is 7.99. The van der Waals surface area contributed by atoms with E-state index in [1.54, 1.807) is 0 Å². The van der Waals surface area contributed by atoms with Gasteiger partial charge in [-0.1, -0.05) is 11.8 Å². The zero-order valence-electron chi connectivity index (χ0n) is 15.1. The van der Waals surface area contributed by atoms with Gasteiger partial charge in [0.05, 0.1) is 6.61 Å². The first-order valence-electron chi connectivity index (χ1n) is 8.74. The number of alkyl halides is 2. The van der Waals surface area contributed by atoms with E-state index < -0.39 is 5.76 Å². The summed E-state index contributed by atoms with van der Waals surface area (Å²) in [7, 11) is 0. The highest BCUT2D eigenvalue weighted by Gasteiger charge is 2.22. The number of thioether (sulfide) groups is 1.